The zero-order valence-corrected chi connectivity index (χ0v) is 17.3. The lowest BCUT2D eigenvalue weighted by Crippen LogP contribution is -2.48. The van der Waals surface area contributed by atoms with E-state index in [2.05, 4.69) is 15.8 Å². The first kappa shape index (κ1) is 20.7. The highest BCUT2D eigenvalue weighted by atomic mass is 16.5. The van der Waals surface area contributed by atoms with Crippen molar-refractivity contribution in [2.75, 3.05) is 13.7 Å². The van der Waals surface area contributed by atoms with Crippen LogP contribution in [0.15, 0.2) is 65.2 Å². The molecule has 7 heteroatoms. The number of hydrogen-bond donors (Lipinski definition) is 2. The van der Waals surface area contributed by atoms with Gasteiger partial charge in [-0.15, -0.1) is 0 Å². The summed E-state index contributed by atoms with van der Waals surface area (Å²) in [6, 6.07) is 17.8. The first-order valence-electron chi connectivity index (χ1n) is 10.4. The molecule has 3 aromatic rings. The molecule has 0 bridgehead atoms. The van der Waals surface area contributed by atoms with Crippen LogP contribution in [0.3, 0.4) is 0 Å². The molecule has 0 radical (unpaired) electrons. The van der Waals surface area contributed by atoms with E-state index in [0.717, 1.165) is 24.0 Å². The van der Waals surface area contributed by atoms with E-state index in [1.54, 1.807) is 19.2 Å². The molecule has 31 heavy (non-hydrogen) atoms. The first-order valence-corrected chi connectivity index (χ1v) is 10.4. The van der Waals surface area contributed by atoms with Crippen molar-refractivity contribution >= 4 is 11.8 Å². The van der Waals surface area contributed by atoms with Crippen LogP contribution in [0.4, 0.5) is 0 Å². The molecule has 1 unspecified atom stereocenters. The van der Waals surface area contributed by atoms with Crippen LogP contribution in [0.25, 0.3) is 11.3 Å². The van der Waals surface area contributed by atoms with E-state index >= 15 is 0 Å². The second-order valence-electron chi connectivity index (χ2n) is 7.71. The fourth-order valence-corrected chi connectivity index (χ4v) is 3.28. The Morgan fingerprint density at radius 3 is 2.68 bits per heavy atom. The average Bonchev–Trinajstić information content (AvgIpc) is 3.50. The second-order valence-corrected chi connectivity index (χ2v) is 7.71. The molecule has 1 aliphatic carbocycles. The molecular weight excluding hydrogens is 394 g/mol. The van der Waals surface area contributed by atoms with Crippen molar-refractivity contribution in [1.82, 2.24) is 15.8 Å². The average molecular weight is 419 g/mol. The number of nitrogens with one attached hydrogen (secondary N) is 2. The maximum atomic E-state index is 12.8. The Balaban J connectivity index is 1.47. The van der Waals surface area contributed by atoms with Gasteiger partial charge in [0, 0.05) is 24.6 Å². The zero-order valence-electron chi connectivity index (χ0n) is 17.3. The smallest absolute Gasteiger partial charge is 0.274 e. The maximum absolute atomic E-state index is 12.8. The van der Waals surface area contributed by atoms with Crippen LogP contribution in [-0.2, 0) is 11.2 Å². The summed E-state index contributed by atoms with van der Waals surface area (Å²) in [6.45, 7) is 0.643. The number of carbonyl (C=O) groups is 2. The molecule has 7 nitrogen and oxygen atoms in total. The molecule has 2 amide bonds. The van der Waals surface area contributed by atoms with Crippen molar-refractivity contribution < 1.29 is 18.8 Å². The second kappa shape index (κ2) is 9.47. The molecule has 0 saturated heterocycles. The van der Waals surface area contributed by atoms with Gasteiger partial charge < -0.3 is 19.9 Å². The lowest BCUT2D eigenvalue weighted by Gasteiger charge is -2.18. The fraction of sp³-hybridized carbons (Fsp3) is 0.292. The van der Waals surface area contributed by atoms with E-state index in [1.807, 2.05) is 48.5 Å². The summed E-state index contributed by atoms with van der Waals surface area (Å²) >= 11 is 0. The van der Waals surface area contributed by atoms with Gasteiger partial charge in [-0.2, -0.15) is 0 Å². The third-order valence-corrected chi connectivity index (χ3v) is 5.26. The predicted molar refractivity (Wildman–Crippen MR) is 116 cm³/mol. The van der Waals surface area contributed by atoms with Crippen LogP contribution in [0.5, 0.6) is 5.75 Å². The number of ether oxygens (including phenoxy) is 1. The van der Waals surface area contributed by atoms with Crippen molar-refractivity contribution in [3.05, 3.63) is 71.9 Å². The standard InChI is InChI=1S/C24H25N3O4/c1-30-19-9-5-8-18(13-19)22-14-21(27-31-22)24(29)26-20(12-16-6-3-2-4-7-16)23(28)25-15-17-10-11-17/h2-9,13-14,17,20H,10-12,15H2,1H3,(H,25,28)(H,26,29). The highest BCUT2D eigenvalue weighted by Crippen LogP contribution is 2.27. The molecule has 160 valence electrons. The van der Waals surface area contributed by atoms with Crippen molar-refractivity contribution in [2.45, 2.75) is 25.3 Å². The van der Waals surface area contributed by atoms with Crippen LogP contribution in [0.2, 0.25) is 0 Å². The Morgan fingerprint density at radius 1 is 1.13 bits per heavy atom. The van der Waals surface area contributed by atoms with Crippen molar-refractivity contribution in [3.63, 3.8) is 0 Å². The molecule has 2 N–H and O–H groups in total. The number of benzene rings is 2. The zero-order chi connectivity index (χ0) is 21.6. The van der Waals surface area contributed by atoms with E-state index < -0.39 is 11.9 Å². The van der Waals surface area contributed by atoms with Crippen LogP contribution < -0.4 is 15.4 Å². The summed E-state index contributed by atoms with van der Waals surface area (Å²) in [6.07, 6.45) is 2.67. The SMILES string of the molecule is COc1cccc(-c2cc(C(=O)NC(Cc3ccccc3)C(=O)NCC3CC3)no2)c1. The highest BCUT2D eigenvalue weighted by Gasteiger charge is 2.27. The van der Waals surface area contributed by atoms with Gasteiger partial charge in [-0.05, 0) is 36.5 Å². The van der Waals surface area contributed by atoms with Gasteiger partial charge in [0.1, 0.15) is 11.8 Å². The molecule has 1 aromatic heterocycles. The molecule has 4 rings (SSSR count). The van der Waals surface area contributed by atoms with E-state index in [1.165, 1.54) is 0 Å². The summed E-state index contributed by atoms with van der Waals surface area (Å²) in [5.74, 6) is 1.02. The number of amides is 2. The Kier molecular flexibility index (Phi) is 6.31. The van der Waals surface area contributed by atoms with E-state index in [4.69, 9.17) is 9.26 Å². The van der Waals surface area contributed by atoms with Gasteiger partial charge in [0.25, 0.3) is 5.91 Å². The van der Waals surface area contributed by atoms with Gasteiger partial charge in [0.05, 0.1) is 7.11 Å². The van der Waals surface area contributed by atoms with Gasteiger partial charge in [-0.1, -0.05) is 47.6 Å². The largest absolute Gasteiger partial charge is 0.497 e. The molecule has 1 heterocycles. The van der Waals surface area contributed by atoms with Crippen LogP contribution >= 0.6 is 0 Å². The molecule has 1 fully saturated rings. The van der Waals surface area contributed by atoms with Gasteiger partial charge >= 0.3 is 0 Å². The Morgan fingerprint density at radius 2 is 1.94 bits per heavy atom. The molecule has 1 saturated carbocycles. The number of aromatic nitrogens is 1. The Bertz CT molecular complexity index is 1040. The number of nitrogens with zero attached hydrogens (tertiary/aromatic N) is 1. The number of rotatable bonds is 9. The van der Waals surface area contributed by atoms with Crippen molar-refractivity contribution in [2.24, 2.45) is 5.92 Å². The number of carbonyl (C=O) groups excluding carboxylic acids is 2. The van der Waals surface area contributed by atoms with Crippen LogP contribution in [-0.4, -0.2) is 36.7 Å². The molecule has 0 aliphatic heterocycles. The predicted octanol–water partition coefficient (Wildman–Crippen LogP) is 3.22. The third-order valence-electron chi connectivity index (χ3n) is 5.26. The van der Waals surface area contributed by atoms with E-state index in [9.17, 15) is 9.59 Å². The highest BCUT2D eigenvalue weighted by molar-refractivity contribution is 5.96. The van der Waals surface area contributed by atoms with Gasteiger partial charge in [0.2, 0.25) is 5.91 Å². The topological polar surface area (TPSA) is 93.5 Å². The summed E-state index contributed by atoms with van der Waals surface area (Å²) < 4.78 is 10.6. The summed E-state index contributed by atoms with van der Waals surface area (Å²) in [5, 5.41) is 9.66. The van der Waals surface area contributed by atoms with Gasteiger partial charge in [-0.25, -0.2) is 0 Å². The van der Waals surface area contributed by atoms with Gasteiger partial charge in [-0.3, -0.25) is 9.59 Å². The normalized spacial score (nSPS) is 14.0. The minimum absolute atomic E-state index is 0.117. The third kappa shape index (κ3) is 5.51. The Hall–Kier alpha value is -3.61. The summed E-state index contributed by atoms with van der Waals surface area (Å²) in [4.78, 5) is 25.6. The summed E-state index contributed by atoms with van der Waals surface area (Å²) in [7, 11) is 1.58. The Labute approximate surface area is 180 Å². The van der Waals surface area contributed by atoms with E-state index in [-0.39, 0.29) is 11.6 Å². The lowest BCUT2D eigenvalue weighted by molar-refractivity contribution is -0.123. The van der Waals surface area contributed by atoms with Crippen molar-refractivity contribution in [3.8, 4) is 17.1 Å². The molecular formula is C24H25N3O4. The van der Waals surface area contributed by atoms with Crippen molar-refractivity contribution in [1.29, 1.82) is 0 Å². The first-order chi connectivity index (χ1) is 15.1. The lowest BCUT2D eigenvalue weighted by atomic mass is 10.0. The van der Waals surface area contributed by atoms with E-state index in [0.29, 0.717) is 30.4 Å². The minimum Gasteiger partial charge on any atom is -0.497 e. The molecule has 0 spiro atoms. The number of hydrogen-bond acceptors (Lipinski definition) is 5. The van der Waals surface area contributed by atoms with Crippen LogP contribution in [0, 0.1) is 5.92 Å². The fourth-order valence-electron chi connectivity index (χ4n) is 3.28. The minimum atomic E-state index is -0.703. The quantitative estimate of drug-likeness (QED) is 0.556. The summed E-state index contributed by atoms with van der Waals surface area (Å²) in [5.41, 5.74) is 1.83. The maximum Gasteiger partial charge on any atom is 0.274 e. The van der Waals surface area contributed by atoms with Crippen LogP contribution in [0.1, 0.15) is 28.9 Å². The molecule has 1 aliphatic rings. The molecule has 2 aromatic carbocycles. The number of methoxy groups -OCH3 is 1. The monoisotopic (exact) mass is 419 g/mol. The molecule has 1 atom stereocenters. The van der Waals surface area contributed by atoms with Gasteiger partial charge in [0.15, 0.2) is 11.5 Å².